The highest BCUT2D eigenvalue weighted by Crippen LogP contribution is 2.27. The summed E-state index contributed by atoms with van der Waals surface area (Å²) >= 11 is 1.61. The molecule has 6 heteroatoms. The number of pyridine rings is 1. The lowest BCUT2D eigenvalue weighted by atomic mass is 10.2. The first-order valence-corrected chi connectivity index (χ1v) is 6.69. The number of hydrogen-bond donors (Lipinski definition) is 2. The standard InChI is InChI=1S/C13H15N3O2S/c1-7-11(19-9(3)15-7)8(2)16-12-10(13(17)18)5-4-6-14-12/h4-6,8H,1-3H3,(H,14,16)(H,17,18). The molecule has 0 radical (unpaired) electrons. The fourth-order valence-electron chi connectivity index (χ4n) is 1.91. The van der Waals surface area contributed by atoms with Gasteiger partial charge in [-0.1, -0.05) is 0 Å². The predicted molar refractivity (Wildman–Crippen MR) is 74.8 cm³/mol. The monoisotopic (exact) mass is 277 g/mol. The third kappa shape index (κ3) is 2.90. The highest BCUT2D eigenvalue weighted by atomic mass is 32.1. The van der Waals surface area contributed by atoms with Crippen molar-refractivity contribution >= 4 is 23.1 Å². The third-order valence-electron chi connectivity index (χ3n) is 2.72. The van der Waals surface area contributed by atoms with E-state index in [2.05, 4.69) is 15.3 Å². The van der Waals surface area contributed by atoms with Crippen molar-refractivity contribution < 1.29 is 9.90 Å². The van der Waals surface area contributed by atoms with Gasteiger partial charge in [0.25, 0.3) is 0 Å². The summed E-state index contributed by atoms with van der Waals surface area (Å²) in [5.74, 6) is -0.604. The highest BCUT2D eigenvalue weighted by molar-refractivity contribution is 7.11. The average Bonchev–Trinajstić information content (AvgIpc) is 2.69. The van der Waals surface area contributed by atoms with Gasteiger partial charge in [0.1, 0.15) is 11.4 Å². The Kier molecular flexibility index (Phi) is 3.80. The highest BCUT2D eigenvalue weighted by Gasteiger charge is 2.17. The predicted octanol–water partition coefficient (Wildman–Crippen LogP) is 3.03. The van der Waals surface area contributed by atoms with Gasteiger partial charge in [-0.3, -0.25) is 0 Å². The second kappa shape index (κ2) is 5.36. The maximum Gasteiger partial charge on any atom is 0.339 e. The minimum absolute atomic E-state index is 0.0285. The molecule has 0 aliphatic heterocycles. The van der Waals surface area contributed by atoms with Gasteiger partial charge in [-0.2, -0.15) is 0 Å². The molecule has 0 aliphatic rings. The van der Waals surface area contributed by atoms with Crippen LogP contribution in [0.2, 0.25) is 0 Å². The number of nitrogens with one attached hydrogen (secondary N) is 1. The van der Waals surface area contributed by atoms with Crippen LogP contribution in [0.15, 0.2) is 18.3 Å². The van der Waals surface area contributed by atoms with Gasteiger partial charge in [-0.25, -0.2) is 14.8 Å². The van der Waals surface area contributed by atoms with Crippen LogP contribution in [-0.4, -0.2) is 21.0 Å². The fraction of sp³-hybridized carbons (Fsp3) is 0.308. The van der Waals surface area contributed by atoms with E-state index in [4.69, 9.17) is 5.11 Å². The van der Waals surface area contributed by atoms with Crippen LogP contribution in [-0.2, 0) is 0 Å². The first-order valence-electron chi connectivity index (χ1n) is 5.88. The number of thiazole rings is 1. The van der Waals surface area contributed by atoms with Crippen molar-refractivity contribution in [1.29, 1.82) is 0 Å². The number of carbonyl (C=O) groups is 1. The van der Waals surface area contributed by atoms with E-state index in [-0.39, 0.29) is 11.6 Å². The first kappa shape index (κ1) is 13.5. The molecule has 0 aliphatic carbocycles. The third-order valence-corrected chi connectivity index (χ3v) is 3.98. The van der Waals surface area contributed by atoms with Crippen LogP contribution in [0.5, 0.6) is 0 Å². The molecule has 0 saturated heterocycles. The Bertz CT molecular complexity index is 610. The molecule has 19 heavy (non-hydrogen) atoms. The molecule has 0 amide bonds. The molecule has 0 bridgehead atoms. The molecule has 0 spiro atoms. The van der Waals surface area contributed by atoms with Crippen molar-refractivity contribution in [1.82, 2.24) is 9.97 Å². The number of aryl methyl sites for hydroxylation is 2. The van der Waals surface area contributed by atoms with Gasteiger partial charge in [-0.05, 0) is 32.9 Å². The topological polar surface area (TPSA) is 75.1 Å². The molecule has 2 heterocycles. The van der Waals surface area contributed by atoms with Crippen LogP contribution >= 0.6 is 11.3 Å². The normalized spacial score (nSPS) is 12.2. The lowest BCUT2D eigenvalue weighted by Crippen LogP contribution is -2.12. The van der Waals surface area contributed by atoms with E-state index >= 15 is 0 Å². The Morgan fingerprint density at radius 1 is 1.47 bits per heavy atom. The van der Waals surface area contributed by atoms with Crippen molar-refractivity contribution in [3.63, 3.8) is 0 Å². The largest absolute Gasteiger partial charge is 0.478 e. The zero-order valence-electron chi connectivity index (χ0n) is 11.0. The summed E-state index contributed by atoms with van der Waals surface area (Å²) in [5.41, 5.74) is 1.14. The Labute approximate surface area is 115 Å². The summed E-state index contributed by atoms with van der Waals surface area (Å²) in [4.78, 5) is 20.7. The van der Waals surface area contributed by atoms with Gasteiger partial charge >= 0.3 is 5.97 Å². The van der Waals surface area contributed by atoms with E-state index in [0.717, 1.165) is 15.6 Å². The van der Waals surface area contributed by atoms with Gasteiger partial charge < -0.3 is 10.4 Å². The van der Waals surface area contributed by atoms with Crippen LogP contribution in [0.25, 0.3) is 0 Å². The number of rotatable bonds is 4. The maximum atomic E-state index is 11.1. The molecule has 0 fully saturated rings. The van der Waals surface area contributed by atoms with E-state index in [0.29, 0.717) is 5.82 Å². The van der Waals surface area contributed by atoms with Crippen molar-refractivity contribution in [3.8, 4) is 0 Å². The lowest BCUT2D eigenvalue weighted by molar-refractivity contribution is 0.0697. The van der Waals surface area contributed by atoms with Crippen LogP contribution < -0.4 is 5.32 Å². The Morgan fingerprint density at radius 3 is 2.79 bits per heavy atom. The summed E-state index contributed by atoms with van der Waals surface area (Å²) in [6.45, 7) is 5.88. The molecule has 2 aromatic rings. The van der Waals surface area contributed by atoms with Gasteiger partial charge in [0.05, 0.1) is 16.7 Å². The molecule has 1 unspecified atom stereocenters. The summed E-state index contributed by atoms with van der Waals surface area (Å²) in [7, 11) is 0. The Hall–Kier alpha value is -1.95. The smallest absolute Gasteiger partial charge is 0.339 e. The summed E-state index contributed by atoms with van der Waals surface area (Å²) in [5, 5.41) is 13.3. The second-order valence-corrected chi connectivity index (χ2v) is 5.49. The summed E-state index contributed by atoms with van der Waals surface area (Å²) in [6, 6.07) is 3.12. The van der Waals surface area contributed by atoms with Gasteiger partial charge in [0.2, 0.25) is 0 Å². The fourth-order valence-corrected chi connectivity index (χ4v) is 2.84. The molecule has 0 aromatic carbocycles. The van der Waals surface area contributed by atoms with Crippen LogP contribution in [0.4, 0.5) is 5.82 Å². The molecular weight excluding hydrogens is 262 g/mol. The number of hydrogen-bond acceptors (Lipinski definition) is 5. The zero-order chi connectivity index (χ0) is 14.0. The van der Waals surface area contributed by atoms with E-state index in [1.807, 2.05) is 20.8 Å². The minimum Gasteiger partial charge on any atom is -0.478 e. The number of carboxylic acid groups (broad SMARTS) is 1. The molecule has 100 valence electrons. The maximum absolute atomic E-state index is 11.1. The Morgan fingerprint density at radius 2 is 2.21 bits per heavy atom. The molecule has 2 N–H and O–H groups in total. The van der Waals surface area contributed by atoms with Crippen LogP contribution in [0.3, 0.4) is 0 Å². The van der Waals surface area contributed by atoms with E-state index < -0.39 is 5.97 Å². The number of aromatic nitrogens is 2. The van der Waals surface area contributed by atoms with Gasteiger partial charge in [0.15, 0.2) is 0 Å². The number of anilines is 1. The summed E-state index contributed by atoms with van der Waals surface area (Å²) in [6.07, 6.45) is 1.58. The van der Waals surface area contributed by atoms with Crippen LogP contribution in [0.1, 0.15) is 38.9 Å². The van der Waals surface area contributed by atoms with E-state index in [1.54, 1.807) is 23.6 Å². The van der Waals surface area contributed by atoms with E-state index in [1.165, 1.54) is 6.07 Å². The molecule has 5 nitrogen and oxygen atoms in total. The quantitative estimate of drug-likeness (QED) is 0.898. The summed E-state index contributed by atoms with van der Waals surface area (Å²) < 4.78 is 0. The molecule has 1 atom stereocenters. The van der Waals surface area contributed by atoms with Crippen molar-refractivity contribution in [2.45, 2.75) is 26.8 Å². The van der Waals surface area contributed by atoms with Gasteiger partial charge in [-0.15, -0.1) is 11.3 Å². The minimum atomic E-state index is -0.986. The van der Waals surface area contributed by atoms with Crippen molar-refractivity contribution in [2.24, 2.45) is 0 Å². The second-order valence-electron chi connectivity index (χ2n) is 4.25. The lowest BCUT2D eigenvalue weighted by Gasteiger charge is -2.15. The number of nitrogens with zero attached hydrogens (tertiary/aromatic N) is 2. The SMILES string of the molecule is Cc1nc(C)c(C(C)Nc2ncccc2C(=O)O)s1. The molecule has 2 rings (SSSR count). The van der Waals surface area contributed by atoms with Crippen molar-refractivity contribution in [3.05, 3.63) is 39.5 Å². The number of aromatic carboxylic acids is 1. The Balaban J connectivity index is 2.26. The molecule has 2 aromatic heterocycles. The first-order chi connectivity index (χ1) is 8.99. The molecule has 0 saturated carbocycles. The average molecular weight is 277 g/mol. The van der Waals surface area contributed by atoms with Crippen LogP contribution in [0, 0.1) is 13.8 Å². The van der Waals surface area contributed by atoms with Gasteiger partial charge in [0, 0.05) is 11.1 Å². The van der Waals surface area contributed by atoms with Crippen molar-refractivity contribution in [2.75, 3.05) is 5.32 Å². The molecular formula is C13H15N3O2S. The number of carboxylic acids is 1. The van der Waals surface area contributed by atoms with E-state index in [9.17, 15) is 4.79 Å². The zero-order valence-corrected chi connectivity index (χ0v) is 11.8.